The van der Waals surface area contributed by atoms with Gasteiger partial charge in [0.25, 0.3) is 0 Å². The maximum Gasteiger partial charge on any atom is 0.128 e. The van der Waals surface area contributed by atoms with Crippen LogP contribution in [0.5, 0.6) is 5.75 Å². The zero-order valence-electron chi connectivity index (χ0n) is 12.0. The van der Waals surface area contributed by atoms with Gasteiger partial charge in [0.2, 0.25) is 0 Å². The van der Waals surface area contributed by atoms with Crippen molar-refractivity contribution < 1.29 is 14.6 Å². The monoisotopic (exact) mass is 266 g/mol. The van der Waals surface area contributed by atoms with Crippen molar-refractivity contribution in [3.05, 3.63) is 23.0 Å². The quantitative estimate of drug-likeness (QED) is 0.877. The first-order valence-electron chi connectivity index (χ1n) is 6.49. The van der Waals surface area contributed by atoms with Crippen molar-refractivity contribution in [2.75, 3.05) is 27.3 Å². The van der Waals surface area contributed by atoms with Crippen LogP contribution < -0.4 is 4.74 Å². The topological polar surface area (TPSA) is 54.8 Å². The molecule has 1 aromatic heterocycles. The first-order valence-corrected chi connectivity index (χ1v) is 6.49. The van der Waals surface area contributed by atoms with Gasteiger partial charge in [-0.3, -0.25) is 9.88 Å². The maximum absolute atomic E-state index is 9.84. The Morgan fingerprint density at radius 1 is 1.37 bits per heavy atom. The first kappa shape index (κ1) is 14.2. The van der Waals surface area contributed by atoms with Crippen molar-refractivity contribution in [2.24, 2.45) is 0 Å². The van der Waals surface area contributed by atoms with Gasteiger partial charge in [-0.25, -0.2) is 0 Å². The van der Waals surface area contributed by atoms with Gasteiger partial charge in [0.15, 0.2) is 0 Å². The number of methoxy groups -OCH3 is 2. The molecule has 106 valence electrons. The van der Waals surface area contributed by atoms with Crippen LogP contribution in [0.15, 0.2) is 6.20 Å². The van der Waals surface area contributed by atoms with E-state index in [9.17, 15) is 5.11 Å². The summed E-state index contributed by atoms with van der Waals surface area (Å²) in [6.45, 7) is 6.07. The molecule has 1 fully saturated rings. The molecule has 2 rings (SSSR count). The number of aliphatic hydroxyl groups excluding tert-OH is 1. The van der Waals surface area contributed by atoms with Crippen LogP contribution in [0.2, 0.25) is 0 Å². The standard InChI is InChI=1S/C14H22N2O3/c1-9-5-15-11(10(2)14(9)19-4)6-16-7-12(17)13(8-16)18-3/h5,12-13,17H,6-8H2,1-4H3/t12-,13-/m0/s1. The minimum absolute atomic E-state index is 0.104. The summed E-state index contributed by atoms with van der Waals surface area (Å²) < 4.78 is 10.7. The van der Waals surface area contributed by atoms with Gasteiger partial charge in [0.05, 0.1) is 25.0 Å². The van der Waals surface area contributed by atoms with Crippen LogP contribution in [0, 0.1) is 13.8 Å². The molecule has 0 saturated carbocycles. The van der Waals surface area contributed by atoms with Crippen molar-refractivity contribution >= 4 is 0 Å². The van der Waals surface area contributed by atoms with Gasteiger partial charge < -0.3 is 14.6 Å². The molecule has 5 heteroatoms. The Bertz CT molecular complexity index is 451. The van der Waals surface area contributed by atoms with Gasteiger partial charge in [-0.2, -0.15) is 0 Å². The van der Waals surface area contributed by atoms with Crippen molar-refractivity contribution in [3.63, 3.8) is 0 Å². The van der Waals surface area contributed by atoms with Gasteiger partial charge in [-0.15, -0.1) is 0 Å². The molecule has 0 aromatic carbocycles. The molecule has 0 amide bonds. The number of hydrogen-bond acceptors (Lipinski definition) is 5. The molecule has 2 heterocycles. The highest BCUT2D eigenvalue weighted by atomic mass is 16.5. The number of hydrogen-bond donors (Lipinski definition) is 1. The first-order chi connectivity index (χ1) is 9.06. The SMILES string of the molecule is COc1c(C)cnc(CN2C[C@H](OC)[C@@H](O)C2)c1C. The number of rotatable bonds is 4. The summed E-state index contributed by atoms with van der Waals surface area (Å²) in [7, 11) is 3.31. The normalized spacial score (nSPS) is 23.8. The van der Waals surface area contributed by atoms with Crippen LogP contribution in [0.25, 0.3) is 0 Å². The Morgan fingerprint density at radius 2 is 2.11 bits per heavy atom. The molecule has 2 atom stereocenters. The van der Waals surface area contributed by atoms with Gasteiger partial charge in [0.1, 0.15) is 5.75 Å². The molecule has 0 spiro atoms. The lowest BCUT2D eigenvalue weighted by molar-refractivity contribution is 0.0214. The van der Waals surface area contributed by atoms with Crippen LogP contribution >= 0.6 is 0 Å². The second-order valence-corrected chi connectivity index (χ2v) is 5.08. The molecular weight excluding hydrogens is 244 g/mol. The average molecular weight is 266 g/mol. The molecule has 1 aliphatic heterocycles. The summed E-state index contributed by atoms with van der Waals surface area (Å²) in [4.78, 5) is 6.64. The van der Waals surface area contributed by atoms with Crippen molar-refractivity contribution in [2.45, 2.75) is 32.6 Å². The highest BCUT2D eigenvalue weighted by Gasteiger charge is 2.31. The van der Waals surface area contributed by atoms with Crippen molar-refractivity contribution in [3.8, 4) is 5.75 Å². The van der Waals surface area contributed by atoms with E-state index in [0.29, 0.717) is 13.1 Å². The third kappa shape index (κ3) is 2.88. The van der Waals surface area contributed by atoms with Crippen molar-refractivity contribution in [1.82, 2.24) is 9.88 Å². The van der Waals surface area contributed by atoms with E-state index in [-0.39, 0.29) is 6.10 Å². The molecule has 1 aromatic rings. The van der Waals surface area contributed by atoms with E-state index in [0.717, 1.165) is 29.1 Å². The lowest BCUT2D eigenvalue weighted by atomic mass is 10.1. The maximum atomic E-state index is 9.84. The summed E-state index contributed by atoms with van der Waals surface area (Å²) >= 11 is 0. The van der Waals surface area contributed by atoms with Crippen LogP contribution in [-0.4, -0.2) is 54.5 Å². The molecule has 0 unspecified atom stereocenters. The predicted octanol–water partition coefficient (Wildman–Crippen LogP) is 0.899. The van der Waals surface area contributed by atoms with Gasteiger partial charge in [-0.1, -0.05) is 0 Å². The van der Waals surface area contributed by atoms with Gasteiger partial charge in [0, 0.05) is 44.1 Å². The highest BCUT2D eigenvalue weighted by Crippen LogP contribution is 2.25. The third-order valence-corrected chi connectivity index (χ3v) is 3.74. The summed E-state index contributed by atoms with van der Waals surface area (Å²) in [5.41, 5.74) is 3.10. The number of ether oxygens (including phenoxy) is 2. The van der Waals surface area contributed by atoms with E-state index in [1.54, 1.807) is 14.2 Å². The predicted molar refractivity (Wildman–Crippen MR) is 72.3 cm³/mol. The summed E-state index contributed by atoms with van der Waals surface area (Å²) in [5, 5.41) is 9.84. The number of pyridine rings is 1. The van der Waals surface area contributed by atoms with E-state index < -0.39 is 6.10 Å². The number of nitrogens with zero attached hydrogens (tertiary/aromatic N) is 2. The molecule has 0 radical (unpaired) electrons. The fourth-order valence-electron chi connectivity index (χ4n) is 2.64. The minimum Gasteiger partial charge on any atom is -0.496 e. The van der Waals surface area contributed by atoms with E-state index in [4.69, 9.17) is 9.47 Å². The molecule has 19 heavy (non-hydrogen) atoms. The number of aryl methyl sites for hydroxylation is 1. The minimum atomic E-state index is -0.419. The van der Waals surface area contributed by atoms with Crippen LogP contribution in [0.1, 0.15) is 16.8 Å². The van der Waals surface area contributed by atoms with Gasteiger partial charge in [-0.05, 0) is 13.8 Å². The molecule has 1 aliphatic rings. The van der Waals surface area contributed by atoms with Crippen LogP contribution in [-0.2, 0) is 11.3 Å². The lowest BCUT2D eigenvalue weighted by Crippen LogP contribution is -2.25. The molecule has 1 N–H and O–H groups in total. The van der Waals surface area contributed by atoms with Gasteiger partial charge >= 0.3 is 0 Å². The second-order valence-electron chi connectivity index (χ2n) is 5.08. The Morgan fingerprint density at radius 3 is 2.68 bits per heavy atom. The average Bonchev–Trinajstić information content (AvgIpc) is 2.74. The fraction of sp³-hybridized carbons (Fsp3) is 0.643. The third-order valence-electron chi connectivity index (χ3n) is 3.74. The zero-order chi connectivity index (χ0) is 14.0. The van der Waals surface area contributed by atoms with E-state index in [1.165, 1.54) is 0 Å². The Labute approximate surface area is 114 Å². The molecule has 0 bridgehead atoms. The number of aromatic nitrogens is 1. The highest BCUT2D eigenvalue weighted by molar-refractivity contribution is 5.41. The largest absolute Gasteiger partial charge is 0.496 e. The second kappa shape index (κ2) is 5.86. The van der Waals surface area contributed by atoms with E-state index in [2.05, 4.69) is 9.88 Å². The number of β-amino-alcohol motifs (C(OH)–C–C–N with tert-alkyl or cyclic N) is 1. The molecule has 1 saturated heterocycles. The smallest absolute Gasteiger partial charge is 0.128 e. The zero-order valence-corrected chi connectivity index (χ0v) is 12.0. The fourth-order valence-corrected chi connectivity index (χ4v) is 2.64. The Hall–Kier alpha value is -1.17. The number of likely N-dealkylation sites (tertiary alicyclic amines) is 1. The molecular formula is C14H22N2O3. The summed E-state index contributed by atoms with van der Waals surface area (Å²) in [5.74, 6) is 0.896. The van der Waals surface area contributed by atoms with Crippen LogP contribution in [0.3, 0.4) is 0 Å². The number of aliphatic hydroxyl groups is 1. The molecule has 5 nitrogen and oxygen atoms in total. The van der Waals surface area contributed by atoms with E-state index in [1.807, 2.05) is 20.0 Å². The summed E-state index contributed by atoms with van der Waals surface area (Å²) in [6.07, 6.45) is 1.31. The summed E-state index contributed by atoms with van der Waals surface area (Å²) in [6, 6.07) is 0. The molecule has 0 aliphatic carbocycles. The lowest BCUT2D eigenvalue weighted by Gasteiger charge is -2.18. The Balaban J connectivity index is 2.12. The van der Waals surface area contributed by atoms with E-state index >= 15 is 0 Å². The van der Waals surface area contributed by atoms with Crippen LogP contribution in [0.4, 0.5) is 0 Å². The van der Waals surface area contributed by atoms with Crippen molar-refractivity contribution in [1.29, 1.82) is 0 Å². The Kier molecular flexibility index (Phi) is 4.39.